The summed E-state index contributed by atoms with van der Waals surface area (Å²) in [5.41, 5.74) is 6.18. The number of nitrogen functional groups attached to an aromatic ring is 1. The lowest BCUT2D eigenvalue weighted by Gasteiger charge is -2.19. The highest BCUT2D eigenvalue weighted by Crippen LogP contribution is 2.29. The summed E-state index contributed by atoms with van der Waals surface area (Å²) < 4.78 is 13.5. The van der Waals surface area contributed by atoms with Crippen molar-refractivity contribution in [3.63, 3.8) is 0 Å². The fourth-order valence-electron chi connectivity index (χ4n) is 2.36. The molecule has 0 bridgehead atoms. The number of carbonyl (C=O) groups is 1. The number of halogens is 1. The van der Waals surface area contributed by atoms with Gasteiger partial charge in [0.2, 0.25) is 5.91 Å². The van der Waals surface area contributed by atoms with E-state index in [1.807, 2.05) is 0 Å². The third-order valence-corrected chi connectivity index (χ3v) is 3.80. The van der Waals surface area contributed by atoms with Crippen molar-refractivity contribution in [3.8, 4) is 0 Å². The Morgan fingerprint density at radius 3 is 2.90 bits per heavy atom. The fraction of sp³-hybridized carbons (Fsp3) is 0.562. The molecule has 2 rings (SSSR count). The zero-order valence-corrected chi connectivity index (χ0v) is 12.6. The van der Waals surface area contributed by atoms with Gasteiger partial charge in [0.1, 0.15) is 5.82 Å². The maximum absolute atomic E-state index is 13.5. The number of nitrogens with two attached hydrogens (primary N) is 1. The summed E-state index contributed by atoms with van der Waals surface area (Å²) in [6, 6.07) is 4.18. The Morgan fingerprint density at radius 2 is 2.24 bits per heavy atom. The van der Waals surface area contributed by atoms with E-state index in [-0.39, 0.29) is 11.6 Å². The van der Waals surface area contributed by atoms with Crippen molar-refractivity contribution in [3.05, 3.63) is 24.0 Å². The van der Waals surface area contributed by atoms with Crippen molar-refractivity contribution < 1.29 is 9.18 Å². The molecule has 3 N–H and O–H groups in total. The molecule has 1 amide bonds. The van der Waals surface area contributed by atoms with Gasteiger partial charge < -0.3 is 16.0 Å². The van der Waals surface area contributed by atoms with Crippen LogP contribution >= 0.6 is 0 Å². The molecule has 1 aliphatic carbocycles. The third kappa shape index (κ3) is 5.34. The van der Waals surface area contributed by atoms with Crippen LogP contribution in [0.25, 0.3) is 0 Å². The van der Waals surface area contributed by atoms with E-state index in [4.69, 9.17) is 5.73 Å². The highest BCUT2D eigenvalue weighted by Gasteiger charge is 2.23. The molecule has 1 fully saturated rings. The van der Waals surface area contributed by atoms with Crippen LogP contribution in [-0.4, -0.2) is 30.4 Å². The van der Waals surface area contributed by atoms with Crippen molar-refractivity contribution in [2.24, 2.45) is 5.92 Å². The van der Waals surface area contributed by atoms with Crippen LogP contribution < -0.4 is 11.1 Å². The third-order valence-electron chi connectivity index (χ3n) is 3.80. The van der Waals surface area contributed by atoms with Crippen molar-refractivity contribution in [1.29, 1.82) is 0 Å². The molecule has 0 radical (unpaired) electrons. The number of hydrogen-bond acceptors (Lipinski definition) is 3. The van der Waals surface area contributed by atoms with Gasteiger partial charge >= 0.3 is 0 Å². The zero-order chi connectivity index (χ0) is 15.2. The summed E-state index contributed by atoms with van der Waals surface area (Å²) in [7, 11) is 0. The second-order valence-corrected chi connectivity index (χ2v) is 5.73. The summed E-state index contributed by atoms with van der Waals surface area (Å²) in [5.74, 6) is 0.239. The molecule has 0 spiro atoms. The standard InChI is InChI=1S/C16H24FN3O/c1-2-20(11-12-5-6-12)9-3-4-16(21)19-15-10-13(18)7-8-14(15)17/h7-8,10,12H,2-6,9,11,18H2,1H3,(H,19,21). The molecule has 116 valence electrons. The van der Waals surface area contributed by atoms with Crippen LogP contribution in [0.3, 0.4) is 0 Å². The Kier molecular flexibility index (Phi) is 5.56. The molecule has 1 saturated carbocycles. The van der Waals surface area contributed by atoms with Gasteiger partial charge in [-0.2, -0.15) is 0 Å². The van der Waals surface area contributed by atoms with E-state index in [2.05, 4.69) is 17.1 Å². The minimum atomic E-state index is -0.457. The van der Waals surface area contributed by atoms with Crippen LogP contribution in [0.1, 0.15) is 32.6 Å². The normalized spacial score (nSPS) is 14.4. The lowest BCUT2D eigenvalue weighted by molar-refractivity contribution is -0.116. The van der Waals surface area contributed by atoms with Crippen molar-refractivity contribution in [2.45, 2.75) is 32.6 Å². The molecule has 1 aromatic carbocycles. The number of nitrogens with one attached hydrogen (secondary N) is 1. The van der Waals surface area contributed by atoms with Crippen molar-refractivity contribution >= 4 is 17.3 Å². The molecule has 0 unspecified atom stereocenters. The van der Waals surface area contributed by atoms with Gasteiger partial charge in [0.05, 0.1) is 5.69 Å². The van der Waals surface area contributed by atoms with Gasteiger partial charge in [0.25, 0.3) is 0 Å². The first kappa shape index (κ1) is 15.8. The van der Waals surface area contributed by atoms with Crippen LogP contribution in [0, 0.1) is 11.7 Å². The Morgan fingerprint density at radius 1 is 1.48 bits per heavy atom. The topological polar surface area (TPSA) is 58.4 Å². The van der Waals surface area contributed by atoms with Crippen LogP contribution in [0.5, 0.6) is 0 Å². The second kappa shape index (κ2) is 7.41. The van der Waals surface area contributed by atoms with Gasteiger partial charge in [-0.3, -0.25) is 4.79 Å². The average Bonchev–Trinajstić information content (AvgIpc) is 3.25. The van der Waals surface area contributed by atoms with Crippen LogP contribution in [0.2, 0.25) is 0 Å². The molecule has 0 heterocycles. The summed E-state index contributed by atoms with van der Waals surface area (Å²) in [4.78, 5) is 14.2. The smallest absolute Gasteiger partial charge is 0.224 e. The SMILES string of the molecule is CCN(CCCC(=O)Nc1cc(N)ccc1F)CC1CC1. The maximum atomic E-state index is 13.5. The Balaban J connectivity index is 1.72. The monoisotopic (exact) mass is 293 g/mol. The van der Waals surface area contributed by atoms with E-state index in [0.717, 1.165) is 32.0 Å². The summed E-state index contributed by atoms with van der Waals surface area (Å²) >= 11 is 0. The summed E-state index contributed by atoms with van der Waals surface area (Å²) in [5, 5.41) is 2.58. The lowest BCUT2D eigenvalue weighted by atomic mass is 10.2. The molecule has 5 heteroatoms. The first-order valence-corrected chi connectivity index (χ1v) is 7.65. The van der Waals surface area contributed by atoms with E-state index in [0.29, 0.717) is 12.1 Å². The molecular formula is C16H24FN3O. The molecular weight excluding hydrogens is 269 g/mol. The van der Waals surface area contributed by atoms with Crippen LogP contribution in [0.4, 0.5) is 15.8 Å². The van der Waals surface area contributed by atoms with Crippen LogP contribution in [0.15, 0.2) is 18.2 Å². The second-order valence-electron chi connectivity index (χ2n) is 5.73. The number of anilines is 2. The lowest BCUT2D eigenvalue weighted by Crippen LogP contribution is -2.27. The van der Waals surface area contributed by atoms with Crippen molar-refractivity contribution in [1.82, 2.24) is 4.90 Å². The first-order valence-electron chi connectivity index (χ1n) is 7.65. The van der Waals surface area contributed by atoms with E-state index in [9.17, 15) is 9.18 Å². The minimum absolute atomic E-state index is 0.158. The highest BCUT2D eigenvalue weighted by atomic mass is 19.1. The van der Waals surface area contributed by atoms with Gasteiger partial charge in [-0.1, -0.05) is 6.92 Å². The van der Waals surface area contributed by atoms with Gasteiger partial charge in [-0.25, -0.2) is 4.39 Å². The molecule has 1 aliphatic rings. The molecule has 1 aromatic rings. The number of carbonyl (C=O) groups excluding carboxylic acids is 1. The maximum Gasteiger partial charge on any atom is 0.224 e. The zero-order valence-electron chi connectivity index (χ0n) is 12.6. The van der Waals surface area contributed by atoms with Gasteiger partial charge in [-0.05, 0) is 56.5 Å². The molecule has 0 aromatic heterocycles. The van der Waals surface area contributed by atoms with Gasteiger partial charge in [-0.15, -0.1) is 0 Å². The average molecular weight is 293 g/mol. The number of amides is 1. The summed E-state index contributed by atoms with van der Waals surface area (Å²) in [6.07, 6.45) is 3.86. The first-order chi connectivity index (χ1) is 10.1. The van der Waals surface area contributed by atoms with Crippen molar-refractivity contribution in [2.75, 3.05) is 30.7 Å². The minimum Gasteiger partial charge on any atom is -0.399 e. The van der Waals surface area contributed by atoms with E-state index in [1.54, 1.807) is 0 Å². The molecule has 0 saturated heterocycles. The Hall–Kier alpha value is -1.62. The Bertz CT molecular complexity index is 488. The van der Waals surface area contributed by atoms with E-state index < -0.39 is 5.82 Å². The van der Waals surface area contributed by atoms with E-state index >= 15 is 0 Å². The summed E-state index contributed by atoms with van der Waals surface area (Å²) in [6.45, 7) is 5.22. The van der Waals surface area contributed by atoms with E-state index in [1.165, 1.54) is 31.0 Å². The highest BCUT2D eigenvalue weighted by molar-refractivity contribution is 5.91. The number of nitrogens with zero attached hydrogens (tertiary/aromatic N) is 1. The fourth-order valence-corrected chi connectivity index (χ4v) is 2.36. The molecule has 21 heavy (non-hydrogen) atoms. The van der Waals surface area contributed by atoms with Crippen LogP contribution in [-0.2, 0) is 4.79 Å². The molecule has 0 aliphatic heterocycles. The Labute approximate surface area is 125 Å². The molecule has 0 atom stereocenters. The number of hydrogen-bond donors (Lipinski definition) is 2. The molecule has 4 nitrogen and oxygen atoms in total. The number of benzene rings is 1. The van der Waals surface area contributed by atoms with Gasteiger partial charge in [0, 0.05) is 18.7 Å². The predicted octanol–water partition coefficient (Wildman–Crippen LogP) is 2.86. The van der Waals surface area contributed by atoms with Gasteiger partial charge in [0.15, 0.2) is 0 Å². The quantitative estimate of drug-likeness (QED) is 0.725. The number of rotatable bonds is 8. The predicted molar refractivity (Wildman–Crippen MR) is 83.5 cm³/mol. The largest absolute Gasteiger partial charge is 0.399 e.